The molecule has 0 radical (unpaired) electrons. The summed E-state index contributed by atoms with van der Waals surface area (Å²) in [5.74, 6) is 0. The summed E-state index contributed by atoms with van der Waals surface area (Å²) in [4.78, 5) is 10.0. The summed E-state index contributed by atoms with van der Waals surface area (Å²) in [5.41, 5.74) is 3.94. The summed E-state index contributed by atoms with van der Waals surface area (Å²) in [6.45, 7) is 4.62. The second kappa shape index (κ2) is 23.6. The lowest BCUT2D eigenvalue weighted by molar-refractivity contribution is -0.384. The number of nitrogens with one attached hydrogen (secondary N) is 1. The zero-order valence-corrected chi connectivity index (χ0v) is 44.8. The van der Waals surface area contributed by atoms with Crippen LogP contribution in [0.5, 0.6) is 0 Å². The molecule has 0 aliphatic heterocycles. The maximum atomic E-state index is 14.8. The number of sulfonamides is 4. The molecule has 0 aromatic heterocycles. The highest BCUT2D eigenvalue weighted by Crippen LogP contribution is 2.24. The summed E-state index contributed by atoms with van der Waals surface area (Å²) in [7, 11) is -22.4. The lowest BCUT2D eigenvalue weighted by atomic mass is 10.1. The number of hydrogen-bond acceptors (Lipinski definition) is 13. The van der Waals surface area contributed by atoms with Crippen molar-refractivity contribution in [3.8, 4) is 0 Å². The SMILES string of the molecule is Cc1ccc(S(=O)(=O)NC(Cc2ccc([N+](=O)[O-])cc2)CN(CCN(CCN(CCOS(=O)(=O)c2ccc(C)cc2)S(=O)(=O)c2ccc(C)cc2)S(=O)(=O)c2ccc(C)cc2)S(=O)(=O)c2ccc(C)cc2)cc1. The van der Waals surface area contributed by atoms with E-state index in [4.69, 9.17) is 4.18 Å². The van der Waals surface area contributed by atoms with Crippen molar-refractivity contribution < 1.29 is 51.2 Å². The van der Waals surface area contributed by atoms with Gasteiger partial charge in [-0.15, -0.1) is 0 Å². The zero-order chi connectivity index (χ0) is 53.4. The molecule has 1 unspecified atom stereocenters. The number of rotatable bonds is 25. The largest absolute Gasteiger partial charge is 0.297 e. The van der Waals surface area contributed by atoms with Crippen LogP contribution in [0, 0.1) is 44.7 Å². The van der Waals surface area contributed by atoms with E-state index in [9.17, 15) is 52.2 Å². The standard InChI is InChI=1S/C50H57N5O13S5/c1-38-6-20-46(21-7-38)69(58,59)51-44(36-43-16-18-45(19-17-43)55(56)57)37-54(72(64,65)49-26-12-41(4)13-27-49)33-32-52(70(60,61)47-22-8-39(2)9-23-47)30-31-53(71(62,63)48-24-10-40(3)11-25-48)34-35-68-73(66,67)50-28-14-42(5)15-29-50/h6-29,44,51H,30-37H2,1-5H3. The molecule has 23 heteroatoms. The number of non-ortho nitro benzene ring substituents is 1. The molecule has 0 fully saturated rings. The molecule has 0 bridgehead atoms. The van der Waals surface area contributed by atoms with Crippen molar-refractivity contribution in [2.45, 2.75) is 71.6 Å². The molecule has 0 aliphatic carbocycles. The molecule has 0 saturated carbocycles. The maximum Gasteiger partial charge on any atom is 0.297 e. The highest BCUT2D eigenvalue weighted by molar-refractivity contribution is 7.90. The van der Waals surface area contributed by atoms with Gasteiger partial charge in [0.25, 0.3) is 15.8 Å². The van der Waals surface area contributed by atoms with Gasteiger partial charge >= 0.3 is 0 Å². The number of nitro benzene ring substituents is 1. The van der Waals surface area contributed by atoms with Crippen molar-refractivity contribution in [2.75, 3.05) is 45.9 Å². The van der Waals surface area contributed by atoms with Crippen molar-refractivity contribution in [1.29, 1.82) is 0 Å². The molecular weight excluding hydrogens is 1040 g/mol. The first-order valence-electron chi connectivity index (χ1n) is 22.8. The van der Waals surface area contributed by atoms with E-state index in [1.54, 1.807) is 95.3 Å². The average Bonchev–Trinajstić information content (AvgIpc) is 3.33. The van der Waals surface area contributed by atoms with Crippen molar-refractivity contribution in [2.24, 2.45) is 0 Å². The van der Waals surface area contributed by atoms with Gasteiger partial charge in [0.2, 0.25) is 40.1 Å². The van der Waals surface area contributed by atoms with Crippen molar-refractivity contribution >= 4 is 55.9 Å². The Hall–Kier alpha value is -5.73. The Labute approximate surface area is 428 Å². The van der Waals surface area contributed by atoms with E-state index in [0.29, 0.717) is 5.56 Å². The van der Waals surface area contributed by atoms with Crippen molar-refractivity contribution in [1.82, 2.24) is 17.6 Å². The highest BCUT2D eigenvalue weighted by Gasteiger charge is 2.34. The van der Waals surface area contributed by atoms with Crippen LogP contribution >= 0.6 is 0 Å². The van der Waals surface area contributed by atoms with Crippen molar-refractivity contribution in [3.05, 3.63) is 189 Å². The Morgan fingerprint density at radius 3 is 1.16 bits per heavy atom. The van der Waals surface area contributed by atoms with Crippen LogP contribution in [0.4, 0.5) is 5.69 Å². The van der Waals surface area contributed by atoms with E-state index >= 15 is 0 Å². The Morgan fingerprint density at radius 1 is 0.452 bits per heavy atom. The van der Waals surface area contributed by atoms with Crippen LogP contribution < -0.4 is 4.72 Å². The van der Waals surface area contributed by atoms with E-state index in [1.165, 1.54) is 84.9 Å². The van der Waals surface area contributed by atoms with E-state index in [-0.39, 0.29) is 36.6 Å². The predicted molar refractivity (Wildman–Crippen MR) is 276 cm³/mol. The summed E-state index contributed by atoms with van der Waals surface area (Å²) in [5, 5.41) is 11.5. The molecule has 1 atom stereocenters. The normalized spacial score (nSPS) is 13.2. The van der Waals surface area contributed by atoms with E-state index in [2.05, 4.69) is 4.72 Å². The molecule has 0 heterocycles. The topological polar surface area (TPSA) is 245 Å². The highest BCUT2D eigenvalue weighted by atomic mass is 32.2. The molecule has 1 N–H and O–H groups in total. The van der Waals surface area contributed by atoms with Crippen LogP contribution in [0.15, 0.2) is 170 Å². The molecule has 390 valence electrons. The first kappa shape index (κ1) is 56.6. The summed E-state index contributed by atoms with van der Waals surface area (Å²) in [6.07, 6.45) is -0.179. The minimum Gasteiger partial charge on any atom is -0.265 e. The molecule has 6 aromatic carbocycles. The van der Waals surface area contributed by atoms with Crippen LogP contribution in [0.3, 0.4) is 0 Å². The fourth-order valence-corrected chi connectivity index (χ4v) is 13.9. The predicted octanol–water partition coefficient (Wildman–Crippen LogP) is 6.50. The minimum atomic E-state index is -4.60. The fourth-order valence-electron chi connectivity index (χ4n) is 7.49. The lowest BCUT2D eigenvalue weighted by Gasteiger charge is -2.31. The monoisotopic (exact) mass is 1100 g/mol. The van der Waals surface area contributed by atoms with Gasteiger partial charge < -0.3 is 0 Å². The Kier molecular flexibility index (Phi) is 18.3. The number of nitro groups is 1. The van der Waals surface area contributed by atoms with Crippen LogP contribution in [-0.4, -0.2) is 112 Å². The second-order valence-electron chi connectivity index (χ2n) is 17.5. The number of hydrogen-bond donors (Lipinski definition) is 1. The zero-order valence-electron chi connectivity index (χ0n) is 40.7. The van der Waals surface area contributed by atoms with E-state index in [0.717, 1.165) is 40.7 Å². The summed E-state index contributed by atoms with van der Waals surface area (Å²) in [6, 6.07) is 33.3. The summed E-state index contributed by atoms with van der Waals surface area (Å²) < 4.78 is 153. The maximum absolute atomic E-state index is 14.8. The Bertz CT molecular complexity index is 3440. The number of benzene rings is 6. The second-order valence-corrected chi connectivity index (χ2v) is 26.6. The first-order chi connectivity index (χ1) is 34.3. The lowest BCUT2D eigenvalue weighted by Crippen LogP contribution is -2.50. The molecule has 0 saturated heterocycles. The molecule has 0 aliphatic rings. The Balaban J connectivity index is 1.39. The van der Waals surface area contributed by atoms with E-state index < -0.39 is 107 Å². The average molecular weight is 1100 g/mol. The minimum absolute atomic E-state index is 0.126. The van der Waals surface area contributed by atoms with Gasteiger partial charge in [-0.05, 0) is 107 Å². The van der Waals surface area contributed by atoms with Gasteiger partial charge in [-0.3, -0.25) is 14.3 Å². The van der Waals surface area contributed by atoms with Gasteiger partial charge in [0.05, 0.1) is 36.0 Å². The molecule has 6 aromatic rings. The molecule has 18 nitrogen and oxygen atoms in total. The molecule has 0 amide bonds. The molecule has 6 rings (SSSR count). The quantitative estimate of drug-likeness (QED) is 0.0366. The van der Waals surface area contributed by atoms with Gasteiger partial charge in [-0.25, -0.2) is 38.4 Å². The summed E-state index contributed by atoms with van der Waals surface area (Å²) >= 11 is 0. The Morgan fingerprint density at radius 2 is 0.781 bits per heavy atom. The first-order valence-corrected chi connectivity index (χ1v) is 30.0. The third-order valence-electron chi connectivity index (χ3n) is 11.8. The van der Waals surface area contributed by atoms with Crippen molar-refractivity contribution in [3.63, 3.8) is 0 Å². The van der Waals surface area contributed by atoms with Gasteiger partial charge in [0.1, 0.15) is 0 Å². The van der Waals surface area contributed by atoms with Gasteiger partial charge in [-0.2, -0.15) is 21.3 Å². The van der Waals surface area contributed by atoms with Gasteiger partial charge in [-0.1, -0.05) is 101 Å². The van der Waals surface area contributed by atoms with Gasteiger partial charge in [0.15, 0.2) is 0 Å². The molecule has 73 heavy (non-hydrogen) atoms. The van der Waals surface area contributed by atoms with E-state index in [1.807, 2.05) is 0 Å². The smallest absolute Gasteiger partial charge is 0.265 e. The molecule has 0 spiro atoms. The fraction of sp³-hybridized carbons (Fsp3) is 0.280. The number of nitrogens with zero attached hydrogens (tertiary/aromatic N) is 4. The number of aryl methyl sites for hydroxylation is 5. The van der Waals surface area contributed by atoms with Gasteiger partial charge in [0, 0.05) is 57.4 Å². The van der Waals surface area contributed by atoms with Crippen LogP contribution in [-0.2, 0) is 60.8 Å². The third kappa shape index (κ3) is 14.7. The molecular formula is C50H57N5O13S5. The van der Waals surface area contributed by atoms with Crippen LogP contribution in [0.1, 0.15) is 33.4 Å². The third-order valence-corrected chi connectivity index (χ3v) is 20.3. The van der Waals surface area contributed by atoms with Crippen LogP contribution in [0.25, 0.3) is 0 Å². The van der Waals surface area contributed by atoms with Crippen LogP contribution in [0.2, 0.25) is 0 Å².